The van der Waals surface area contributed by atoms with E-state index in [2.05, 4.69) is 75.5 Å². The van der Waals surface area contributed by atoms with Crippen LogP contribution >= 0.6 is 0 Å². The van der Waals surface area contributed by atoms with E-state index >= 15 is 0 Å². The monoisotopic (exact) mass is 1150 g/mol. The van der Waals surface area contributed by atoms with Gasteiger partial charge in [-0.1, -0.05) is 358 Å². The lowest BCUT2D eigenvalue weighted by Crippen LogP contribution is -2.30. The van der Waals surface area contributed by atoms with Crippen LogP contribution < -0.4 is 0 Å². The van der Waals surface area contributed by atoms with Crippen molar-refractivity contribution in [2.45, 2.75) is 393 Å². The van der Waals surface area contributed by atoms with Gasteiger partial charge < -0.3 is 14.2 Å². The Labute approximate surface area is 510 Å². The van der Waals surface area contributed by atoms with Crippen LogP contribution in [0.5, 0.6) is 0 Å². The van der Waals surface area contributed by atoms with Gasteiger partial charge in [0.15, 0.2) is 6.10 Å². The summed E-state index contributed by atoms with van der Waals surface area (Å²) in [5, 5.41) is 0. The van der Waals surface area contributed by atoms with Gasteiger partial charge in [0, 0.05) is 19.3 Å². The number of esters is 3. The van der Waals surface area contributed by atoms with Crippen LogP contribution in [0.25, 0.3) is 0 Å². The summed E-state index contributed by atoms with van der Waals surface area (Å²) < 4.78 is 16.9. The molecular formula is C76H138O6. The molecule has 0 fully saturated rings. The van der Waals surface area contributed by atoms with E-state index in [4.69, 9.17) is 14.2 Å². The first-order chi connectivity index (χ1) is 40.5. The molecule has 82 heavy (non-hydrogen) atoms. The van der Waals surface area contributed by atoms with Crippen molar-refractivity contribution in [2.75, 3.05) is 13.2 Å². The number of hydrogen-bond donors (Lipinski definition) is 0. The third-order valence-corrected chi connectivity index (χ3v) is 16.3. The fraction of sp³-hybridized carbons (Fsp3) is 0.829. The fourth-order valence-electron chi connectivity index (χ4n) is 10.9. The highest BCUT2D eigenvalue weighted by atomic mass is 16.6. The molecule has 0 aliphatic rings. The van der Waals surface area contributed by atoms with Gasteiger partial charge in [0.05, 0.1) is 0 Å². The highest BCUT2D eigenvalue weighted by Gasteiger charge is 2.19. The van der Waals surface area contributed by atoms with Crippen molar-refractivity contribution in [1.82, 2.24) is 0 Å². The number of ether oxygens (including phenoxy) is 3. The first-order valence-electron chi connectivity index (χ1n) is 36.3. The Bertz CT molecular complexity index is 1460. The number of carbonyl (C=O) groups excluding carboxylic acids is 3. The highest BCUT2D eigenvalue weighted by Crippen LogP contribution is 2.19. The lowest BCUT2D eigenvalue weighted by molar-refractivity contribution is -0.166. The molecular weight excluding hydrogens is 1010 g/mol. The maximum absolute atomic E-state index is 12.9. The minimum Gasteiger partial charge on any atom is -0.462 e. The molecule has 0 rings (SSSR count). The van der Waals surface area contributed by atoms with Gasteiger partial charge in [0.2, 0.25) is 0 Å². The van der Waals surface area contributed by atoms with Crippen LogP contribution in [-0.4, -0.2) is 37.2 Å². The highest BCUT2D eigenvalue weighted by molar-refractivity contribution is 5.71. The molecule has 0 saturated heterocycles. The molecule has 0 aromatic carbocycles. The van der Waals surface area contributed by atoms with Crippen LogP contribution in [0.2, 0.25) is 0 Å². The smallest absolute Gasteiger partial charge is 0.306 e. The number of unbranched alkanes of at least 4 members (excludes halogenated alkanes) is 46. The standard InChI is InChI=1S/C76H138O6/c1-4-7-10-13-16-19-22-25-27-29-30-31-32-33-34-35-36-37-38-39-40-41-42-43-44-45-46-47-49-51-54-57-60-63-66-69-75(78)81-72-73(71-80-74(77)68-65-62-59-56-53-50-24-21-18-15-12-9-6-3)82-76(79)70-67-64-61-58-55-52-48-28-26-23-20-17-14-11-8-5-2/h9,12,18,21,28,48,50,53,59,62,73H,4-8,10-11,13-17,19-20,22-27,29-47,49,51-52,54-58,60-61,63-72H2,1-3H3/b12-9-,21-18-,48-28-,53-50-,62-59-. The topological polar surface area (TPSA) is 78.9 Å². The van der Waals surface area contributed by atoms with Crippen LogP contribution in [0.4, 0.5) is 0 Å². The first kappa shape index (κ1) is 79.1. The van der Waals surface area contributed by atoms with E-state index in [-0.39, 0.29) is 37.5 Å². The molecule has 0 spiro atoms. The molecule has 0 aliphatic heterocycles. The molecule has 0 saturated carbocycles. The van der Waals surface area contributed by atoms with Crippen molar-refractivity contribution in [1.29, 1.82) is 0 Å². The number of hydrogen-bond acceptors (Lipinski definition) is 6. The third-order valence-electron chi connectivity index (χ3n) is 16.3. The Kier molecular flexibility index (Phi) is 68.1. The van der Waals surface area contributed by atoms with Crippen molar-refractivity contribution < 1.29 is 28.6 Å². The molecule has 0 radical (unpaired) electrons. The summed E-state index contributed by atoms with van der Waals surface area (Å²) in [6.07, 6.45) is 91.7. The van der Waals surface area contributed by atoms with Crippen molar-refractivity contribution in [3.8, 4) is 0 Å². The quantitative estimate of drug-likeness (QED) is 0.0261. The fourth-order valence-corrected chi connectivity index (χ4v) is 10.9. The Balaban J connectivity index is 4.09. The van der Waals surface area contributed by atoms with E-state index in [0.29, 0.717) is 19.3 Å². The molecule has 0 amide bonds. The molecule has 1 unspecified atom stereocenters. The van der Waals surface area contributed by atoms with Crippen LogP contribution in [-0.2, 0) is 28.6 Å². The van der Waals surface area contributed by atoms with Crippen LogP contribution in [0.1, 0.15) is 387 Å². The molecule has 1 atom stereocenters. The van der Waals surface area contributed by atoms with Crippen LogP contribution in [0.15, 0.2) is 60.8 Å². The van der Waals surface area contributed by atoms with E-state index in [9.17, 15) is 14.4 Å². The van der Waals surface area contributed by atoms with Crippen molar-refractivity contribution in [3.05, 3.63) is 60.8 Å². The largest absolute Gasteiger partial charge is 0.462 e. The van der Waals surface area contributed by atoms with Crippen molar-refractivity contribution in [2.24, 2.45) is 0 Å². The van der Waals surface area contributed by atoms with E-state index in [0.717, 1.165) is 77.0 Å². The minimum atomic E-state index is -0.807. The normalized spacial score (nSPS) is 12.4. The minimum absolute atomic E-state index is 0.0963. The van der Waals surface area contributed by atoms with Gasteiger partial charge in [-0.3, -0.25) is 14.4 Å². The second-order valence-electron chi connectivity index (χ2n) is 24.5. The summed E-state index contributed by atoms with van der Waals surface area (Å²) >= 11 is 0. The van der Waals surface area contributed by atoms with E-state index < -0.39 is 6.10 Å². The average Bonchev–Trinajstić information content (AvgIpc) is 3.47. The molecule has 0 heterocycles. The van der Waals surface area contributed by atoms with Gasteiger partial charge in [-0.25, -0.2) is 0 Å². The Morgan fingerprint density at radius 1 is 0.256 bits per heavy atom. The van der Waals surface area contributed by atoms with Gasteiger partial charge in [0.25, 0.3) is 0 Å². The molecule has 478 valence electrons. The van der Waals surface area contributed by atoms with Crippen molar-refractivity contribution in [3.63, 3.8) is 0 Å². The number of carbonyl (C=O) groups is 3. The summed E-state index contributed by atoms with van der Waals surface area (Å²) in [7, 11) is 0. The summed E-state index contributed by atoms with van der Waals surface area (Å²) in [6, 6.07) is 0. The Morgan fingerprint density at radius 3 is 0.817 bits per heavy atom. The zero-order valence-corrected chi connectivity index (χ0v) is 55.0. The van der Waals surface area contributed by atoms with Gasteiger partial charge in [-0.2, -0.15) is 0 Å². The predicted octanol–water partition coefficient (Wildman–Crippen LogP) is 25.1. The summed E-state index contributed by atoms with van der Waals surface area (Å²) in [5.41, 5.74) is 0. The Hall–Kier alpha value is -2.89. The van der Waals surface area contributed by atoms with Crippen LogP contribution in [0, 0.1) is 0 Å². The molecule has 0 aliphatic carbocycles. The zero-order chi connectivity index (χ0) is 59.2. The molecule has 6 heteroatoms. The second-order valence-corrected chi connectivity index (χ2v) is 24.5. The lowest BCUT2D eigenvalue weighted by Gasteiger charge is -2.18. The second kappa shape index (κ2) is 70.6. The van der Waals surface area contributed by atoms with Gasteiger partial charge in [-0.15, -0.1) is 0 Å². The summed E-state index contributed by atoms with van der Waals surface area (Å²) in [6.45, 7) is 6.51. The van der Waals surface area contributed by atoms with Gasteiger partial charge >= 0.3 is 17.9 Å². The molecule has 0 aromatic heterocycles. The lowest BCUT2D eigenvalue weighted by atomic mass is 10.0. The SMILES string of the molecule is CC/C=C\C/C=C\C/C=C\C/C=C\CCC(=O)OCC(COC(=O)CCCCCCCCCCCCCCCCCCCCCCCCCCCCCCCCCCCCC)OC(=O)CCCCCCC/C=C\CCCCCCCCC. The van der Waals surface area contributed by atoms with Gasteiger partial charge in [0.1, 0.15) is 13.2 Å². The van der Waals surface area contributed by atoms with E-state index in [1.807, 2.05) is 6.08 Å². The molecule has 0 aromatic rings. The summed E-state index contributed by atoms with van der Waals surface area (Å²) in [5.74, 6) is -0.971. The molecule has 0 N–H and O–H groups in total. The molecule has 6 nitrogen and oxygen atoms in total. The maximum atomic E-state index is 12.9. The number of rotatable bonds is 67. The average molecular weight is 1150 g/mol. The summed E-state index contributed by atoms with van der Waals surface area (Å²) in [4.78, 5) is 38.3. The third kappa shape index (κ3) is 67.9. The van der Waals surface area contributed by atoms with Crippen molar-refractivity contribution >= 4 is 17.9 Å². The maximum Gasteiger partial charge on any atom is 0.306 e. The number of allylic oxidation sites excluding steroid dienone is 10. The van der Waals surface area contributed by atoms with E-state index in [1.165, 1.54) is 263 Å². The Morgan fingerprint density at radius 2 is 0.500 bits per heavy atom. The zero-order valence-electron chi connectivity index (χ0n) is 55.0. The van der Waals surface area contributed by atoms with E-state index in [1.54, 1.807) is 0 Å². The first-order valence-corrected chi connectivity index (χ1v) is 36.3. The van der Waals surface area contributed by atoms with Crippen LogP contribution in [0.3, 0.4) is 0 Å². The van der Waals surface area contributed by atoms with Gasteiger partial charge in [-0.05, 0) is 70.6 Å². The predicted molar refractivity (Wildman–Crippen MR) is 358 cm³/mol. The molecule has 0 bridgehead atoms.